The van der Waals surface area contributed by atoms with Crippen LogP contribution in [0.15, 0.2) is 57.9 Å². The maximum Gasteiger partial charge on any atom is 0.318 e. The molecule has 0 saturated carbocycles. The Hall–Kier alpha value is -2.75. The topological polar surface area (TPSA) is 122 Å². The van der Waals surface area contributed by atoms with E-state index < -0.39 is 22.5 Å². The molecule has 0 fully saturated rings. The highest BCUT2D eigenvalue weighted by molar-refractivity contribution is 7.89. The van der Waals surface area contributed by atoms with E-state index in [9.17, 15) is 13.2 Å². The Morgan fingerprint density at radius 1 is 1.07 bits per heavy atom. The number of hydrogen-bond donors (Lipinski definition) is 2. The summed E-state index contributed by atoms with van der Waals surface area (Å²) < 4.78 is 31.1. The Kier molecular flexibility index (Phi) is 7.89. The predicted octanol–water partition coefficient (Wildman–Crippen LogP) is 3.84. The van der Waals surface area contributed by atoms with Crippen molar-refractivity contribution in [1.82, 2.24) is 14.9 Å². The number of hydrogen-bond acceptors (Lipinski definition) is 6. The number of nitrogens with zero attached hydrogens (tertiary/aromatic N) is 2. The molecule has 0 radical (unpaired) electrons. The number of sulfonamides is 1. The second-order valence-electron chi connectivity index (χ2n) is 5.88. The molecule has 3 aromatic rings. The third kappa shape index (κ3) is 6.38. The van der Waals surface area contributed by atoms with Crippen LogP contribution in [-0.4, -0.2) is 36.2 Å². The van der Waals surface area contributed by atoms with E-state index in [0.717, 1.165) is 5.56 Å². The van der Waals surface area contributed by atoms with Gasteiger partial charge in [0.2, 0.25) is 15.8 Å². The molecular formula is C19H20ClN3O5S. The molecule has 1 aromatic heterocycles. The van der Waals surface area contributed by atoms with Crippen LogP contribution in [0.5, 0.6) is 0 Å². The molecule has 29 heavy (non-hydrogen) atoms. The average molecular weight is 438 g/mol. The Morgan fingerprint density at radius 2 is 1.62 bits per heavy atom. The highest BCUT2D eigenvalue weighted by Crippen LogP contribution is 2.24. The van der Waals surface area contributed by atoms with E-state index in [1.165, 1.54) is 30.7 Å². The van der Waals surface area contributed by atoms with Gasteiger partial charge < -0.3 is 9.63 Å². The summed E-state index contributed by atoms with van der Waals surface area (Å²) in [6.07, 6.45) is 1.25. The normalized spacial score (nSPS) is 10.9. The third-order valence-electron chi connectivity index (χ3n) is 3.35. The van der Waals surface area contributed by atoms with Gasteiger partial charge in [0.1, 0.15) is 6.54 Å². The monoisotopic (exact) mass is 437 g/mol. The summed E-state index contributed by atoms with van der Waals surface area (Å²) in [6, 6.07) is 12.6. The SMILES string of the molecule is CCC.O=C(O)CNS(=O)(=O)c1ccc(-c2nc(-c3ccc(Cl)cc3)no2)cc1. The van der Waals surface area contributed by atoms with Crippen LogP contribution in [0.2, 0.25) is 5.02 Å². The molecule has 1 heterocycles. The van der Waals surface area contributed by atoms with Gasteiger partial charge in [0.25, 0.3) is 5.89 Å². The fourth-order valence-corrected chi connectivity index (χ4v) is 3.17. The first kappa shape index (κ1) is 22.5. The van der Waals surface area contributed by atoms with Gasteiger partial charge in [0, 0.05) is 16.1 Å². The molecular weight excluding hydrogens is 418 g/mol. The quantitative estimate of drug-likeness (QED) is 0.600. The molecule has 8 nitrogen and oxygen atoms in total. The molecule has 10 heteroatoms. The Bertz CT molecular complexity index is 1050. The van der Waals surface area contributed by atoms with Crippen LogP contribution in [0, 0.1) is 0 Å². The summed E-state index contributed by atoms with van der Waals surface area (Å²) in [5.74, 6) is -0.681. The van der Waals surface area contributed by atoms with Crippen molar-refractivity contribution in [2.45, 2.75) is 25.2 Å². The van der Waals surface area contributed by atoms with Crippen molar-refractivity contribution in [3.05, 3.63) is 53.6 Å². The largest absolute Gasteiger partial charge is 0.480 e. The van der Waals surface area contributed by atoms with Crippen molar-refractivity contribution in [1.29, 1.82) is 0 Å². The van der Waals surface area contributed by atoms with Gasteiger partial charge in [-0.2, -0.15) is 9.71 Å². The lowest BCUT2D eigenvalue weighted by Gasteiger charge is -2.04. The molecule has 0 unspecified atom stereocenters. The Labute approximate surface area is 173 Å². The molecule has 0 atom stereocenters. The van der Waals surface area contributed by atoms with Crippen LogP contribution in [0.4, 0.5) is 0 Å². The Morgan fingerprint density at radius 3 is 2.17 bits per heavy atom. The maximum absolute atomic E-state index is 12.0. The summed E-state index contributed by atoms with van der Waals surface area (Å²) in [4.78, 5) is 14.7. The van der Waals surface area contributed by atoms with Crippen LogP contribution in [-0.2, 0) is 14.8 Å². The van der Waals surface area contributed by atoms with E-state index in [2.05, 4.69) is 24.0 Å². The molecule has 0 aliphatic heterocycles. The summed E-state index contributed by atoms with van der Waals surface area (Å²) in [6.45, 7) is 3.55. The molecule has 2 N–H and O–H groups in total. The first-order valence-corrected chi connectivity index (χ1v) is 10.5. The Balaban J connectivity index is 0.000000941. The highest BCUT2D eigenvalue weighted by atomic mass is 35.5. The molecule has 0 saturated heterocycles. The van der Waals surface area contributed by atoms with Gasteiger partial charge >= 0.3 is 5.97 Å². The highest BCUT2D eigenvalue weighted by Gasteiger charge is 2.16. The summed E-state index contributed by atoms with van der Waals surface area (Å²) >= 11 is 5.84. The number of benzene rings is 2. The van der Waals surface area contributed by atoms with E-state index in [4.69, 9.17) is 21.2 Å². The summed E-state index contributed by atoms with van der Waals surface area (Å²) in [5.41, 5.74) is 1.25. The number of halogens is 1. The molecule has 0 amide bonds. The first-order valence-electron chi connectivity index (χ1n) is 8.68. The van der Waals surface area contributed by atoms with E-state index in [1.807, 2.05) is 4.72 Å². The third-order valence-corrected chi connectivity index (χ3v) is 5.02. The van der Waals surface area contributed by atoms with E-state index in [1.54, 1.807) is 24.3 Å². The van der Waals surface area contributed by atoms with Crippen LogP contribution in [0.1, 0.15) is 20.3 Å². The zero-order valence-corrected chi connectivity index (χ0v) is 17.4. The van der Waals surface area contributed by atoms with Crippen LogP contribution in [0.3, 0.4) is 0 Å². The maximum atomic E-state index is 12.0. The minimum absolute atomic E-state index is 0.0695. The summed E-state index contributed by atoms with van der Waals surface area (Å²) in [5, 5.41) is 13.0. The average Bonchev–Trinajstić information content (AvgIpc) is 3.18. The first-order chi connectivity index (χ1) is 13.8. The second kappa shape index (κ2) is 10.1. The summed E-state index contributed by atoms with van der Waals surface area (Å²) in [7, 11) is -3.91. The van der Waals surface area contributed by atoms with Crippen molar-refractivity contribution in [2.75, 3.05) is 6.54 Å². The molecule has 154 valence electrons. The number of carboxylic acids is 1. The van der Waals surface area contributed by atoms with E-state index in [0.29, 0.717) is 16.4 Å². The van der Waals surface area contributed by atoms with E-state index >= 15 is 0 Å². The van der Waals surface area contributed by atoms with Crippen molar-refractivity contribution in [3.8, 4) is 22.8 Å². The lowest BCUT2D eigenvalue weighted by atomic mass is 10.2. The van der Waals surface area contributed by atoms with Crippen molar-refractivity contribution in [2.24, 2.45) is 0 Å². The number of nitrogens with one attached hydrogen (secondary N) is 1. The zero-order valence-electron chi connectivity index (χ0n) is 15.8. The number of carbonyl (C=O) groups is 1. The van der Waals surface area contributed by atoms with Gasteiger partial charge in [0.15, 0.2) is 0 Å². The molecule has 0 aliphatic carbocycles. The molecule has 0 bridgehead atoms. The van der Waals surface area contributed by atoms with Gasteiger partial charge in [-0.1, -0.05) is 37.0 Å². The van der Waals surface area contributed by atoms with Crippen LogP contribution >= 0.6 is 11.6 Å². The second-order valence-corrected chi connectivity index (χ2v) is 8.08. The van der Waals surface area contributed by atoms with Crippen LogP contribution < -0.4 is 4.72 Å². The number of rotatable bonds is 6. The fourth-order valence-electron chi connectivity index (χ4n) is 2.07. The minimum Gasteiger partial charge on any atom is -0.480 e. The van der Waals surface area contributed by atoms with Gasteiger partial charge in [-0.3, -0.25) is 4.79 Å². The van der Waals surface area contributed by atoms with Crippen molar-refractivity contribution >= 4 is 27.6 Å². The molecule has 2 aromatic carbocycles. The molecule has 3 rings (SSSR count). The number of aliphatic carboxylic acids is 1. The number of aromatic nitrogens is 2. The lowest BCUT2D eigenvalue weighted by molar-refractivity contribution is -0.135. The predicted molar refractivity (Wildman–Crippen MR) is 109 cm³/mol. The molecule has 0 aliphatic rings. The van der Waals surface area contributed by atoms with E-state index in [-0.39, 0.29) is 10.8 Å². The van der Waals surface area contributed by atoms with Crippen molar-refractivity contribution in [3.63, 3.8) is 0 Å². The van der Waals surface area contributed by atoms with Gasteiger partial charge in [-0.25, -0.2) is 8.42 Å². The smallest absolute Gasteiger partial charge is 0.318 e. The molecule has 0 spiro atoms. The van der Waals surface area contributed by atoms with Gasteiger partial charge in [0.05, 0.1) is 4.90 Å². The van der Waals surface area contributed by atoms with Gasteiger partial charge in [-0.05, 0) is 48.5 Å². The van der Waals surface area contributed by atoms with Crippen molar-refractivity contribution < 1.29 is 22.8 Å². The standard InChI is InChI=1S/C16H12ClN3O5S.C3H8/c17-12-5-1-10(2-6-12)15-19-16(25-20-15)11-3-7-13(8-4-11)26(23,24)18-9-14(21)22;1-3-2/h1-8,18H,9H2,(H,21,22);3H2,1-2H3. The zero-order chi connectivity index (χ0) is 21.4. The minimum atomic E-state index is -3.91. The fraction of sp³-hybridized carbons (Fsp3) is 0.211. The number of carboxylic acid groups (broad SMARTS) is 1. The lowest BCUT2D eigenvalue weighted by Crippen LogP contribution is -2.29. The van der Waals surface area contributed by atoms with Crippen LogP contribution in [0.25, 0.3) is 22.8 Å². The van der Waals surface area contributed by atoms with Gasteiger partial charge in [-0.15, -0.1) is 0 Å².